The van der Waals surface area contributed by atoms with Crippen LogP contribution in [0.25, 0.3) is 0 Å². The van der Waals surface area contributed by atoms with Gasteiger partial charge in [-0.15, -0.1) is 0 Å². The molecule has 0 spiro atoms. The molecular formula is C11H14ClNO2. The molecule has 0 bridgehead atoms. The number of likely N-dealkylation sites (tertiary alicyclic amines) is 1. The molecule has 1 aromatic heterocycles. The number of hydrogen-bond donors (Lipinski definition) is 0. The Kier molecular flexibility index (Phi) is 3.00. The number of halogens is 1. The van der Waals surface area contributed by atoms with Crippen LogP contribution in [0.4, 0.5) is 0 Å². The third-order valence-electron chi connectivity index (χ3n) is 2.79. The minimum absolute atomic E-state index is 0.0136. The van der Waals surface area contributed by atoms with Gasteiger partial charge in [-0.3, -0.25) is 4.79 Å². The quantitative estimate of drug-likeness (QED) is 0.739. The Morgan fingerprint density at radius 3 is 3.07 bits per heavy atom. The third-order valence-corrected chi connectivity index (χ3v) is 3.09. The number of nitrogens with zero attached hydrogens (tertiary/aromatic N) is 1. The standard InChI is InChI=1S/C11H14ClNO2/c1-8-3-2-5-13(7-8)11(14)9-4-6-15-10(9)12/h4,6,8H,2-3,5,7H2,1H3. The van der Waals surface area contributed by atoms with Crippen molar-refractivity contribution >= 4 is 17.5 Å². The molecule has 3 nitrogen and oxygen atoms in total. The van der Waals surface area contributed by atoms with E-state index in [0.29, 0.717) is 11.5 Å². The molecule has 0 aliphatic carbocycles. The normalized spacial score (nSPS) is 21.7. The maximum atomic E-state index is 12.0. The second-order valence-corrected chi connectivity index (χ2v) is 4.45. The van der Waals surface area contributed by atoms with E-state index in [2.05, 4.69) is 6.92 Å². The van der Waals surface area contributed by atoms with E-state index in [1.165, 1.54) is 12.7 Å². The van der Waals surface area contributed by atoms with Crippen LogP contribution in [-0.2, 0) is 0 Å². The molecule has 1 unspecified atom stereocenters. The smallest absolute Gasteiger partial charge is 0.258 e. The van der Waals surface area contributed by atoms with Crippen molar-refractivity contribution in [1.29, 1.82) is 0 Å². The molecule has 1 atom stereocenters. The monoisotopic (exact) mass is 227 g/mol. The lowest BCUT2D eigenvalue weighted by Gasteiger charge is -2.30. The number of amides is 1. The minimum atomic E-state index is -0.0136. The second kappa shape index (κ2) is 4.27. The van der Waals surface area contributed by atoms with Gasteiger partial charge in [-0.1, -0.05) is 6.92 Å². The molecule has 2 rings (SSSR count). The summed E-state index contributed by atoms with van der Waals surface area (Å²) >= 11 is 5.78. The molecule has 4 heteroatoms. The Hall–Kier alpha value is -0.960. The van der Waals surface area contributed by atoms with Crippen LogP contribution in [0.1, 0.15) is 30.1 Å². The zero-order valence-corrected chi connectivity index (χ0v) is 9.46. The topological polar surface area (TPSA) is 33.5 Å². The average Bonchev–Trinajstić information content (AvgIpc) is 2.63. The number of rotatable bonds is 1. The van der Waals surface area contributed by atoms with E-state index in [1.807, 2.05) is 4.90 Å². The molecule has 1 aliphatic heterocycles. The van der Waals surface area contributed by atoms with Crippen molar-refractivity contribution in [2.45, 2.75) is 19.8 Å². The summed E-state index contributed by atoms with van der Waals surface area (Å²) in [6, 6.07) is 1.63. The third kappa shape index (κ3) is 2.17. The highest BCUT2D eigenvalue weighted by atomic mass is 35.5. The van der Waals surface area contributed by atoms with Crippen molar-refractivity contribution in [3.63, 3.8) is 0 Å². The Morgan fingerprint density at radius 2 is 2.47 bits per heavy atom. The summed E-state index contributed by atoms with van der Waals surface area (Å²) in [6.07, 6.45) is 3.72. The lowest BCUT2D eigenvalue weighted by Crippen LogP contribution is -2.39. The number of carbonyl (C=O) groups excluding carboxylic acids is 1. The predicted octanol–water partition coefficient (Wildman–Crippen LogP) is 2.81. The van der Waals surface area contributed by atoms with E-state index in [4.69, 9.17) is 16.0 Å². The fraction of sp³-hybridized carbons (Fsp3) is 0.545. The lowest BCUT2D eigenvalue weighted by atomic mass is 10.00. The van der Waals surface area contributed by atoms with Gasteiger partial charge in [-0.25, -0.2) is 0 Å². The van der Waals surface area contributed by atoms with Crippen LogP contribution < -0.4 is 0 Å². The molecule has 1 saturated heterocycles. The van der Waals surface area contributed by atoms with E-state index in [9.17, 15) is 4.79 Å². The zero-order chi connectivity index (χ0) is 10.8. The Balaban J connectivity index is 2.11. The number of piperidine rings is 1. The first-order chi connectivity index (χ1) is 7.18. The summed E-state index contributed by atoms with van der Waals surface area (Å²) in [5, 5.41) is 0.193. The van der Waals surface area contributed by atoms with Gasteiger partial charge in [0.05, 0.1) is 11.8 Å². The molecule has 1 amide bonds. The fourth-order valence-electron chi connectivity index (χ4n) is 1.99. The van der Waals surface area contributed by atoms with E-state index < -0.39 is 0 Å². The maximum absolute atomic E-state index is 12.0. The molecule has 0 N–H and O–H groups in total. The van der Waals surface area contributed by atoms with Gasteiger partial charge in [0.1, 0.15) is 0 Å². The van der Waals surface area contributed by atoms with E-state index in [0.717, 1.165) is 19.5 Å². The minimum Gasteiger partial charge on any atom is -0.452 e. The van der Waals surface area contributed by atoms with Crippen molar-refractivity contribution < 1.29 is 9.21 Å². The number of carbonyl (C=O) groups is 1. The van der Waals surface area contributed by atoms with Crippen molar-refractivity contribution in [3.05, 3.63) is 23.1 Å². The van der Waals surface area contributed by atoms with Crippen LogP contribution >= 0.6 is 11.6 Å². The van der Waals surface area contributed by atoms with E-state index in [-0.39, 0.29) is 11.1 Å². The van der Waals surface area contributed by atoms with Crippen LogP contribution in [0.15, 0.2) is 16.7 Å². The largest absolute Gasteiger partial charge is 0.452 e. The van der Waals surface area contributed by atoms with Crippen molar-refractivity contribution in [1.82, 2.24) is 4.90 Å². The van der Waals surface area contributed by atoms with E-state index in [1.54, 1.807) is 6.07 Å². The fourth-order valence-corrected chi connectivity index (χ4v) is 2.19. The van der Waals surface area contributed by atoms with Gasteiger partial charge in [0, 0.05) is 13.1 Å². The van der Waals surface area contributed by atoms with Crippen molar-refractivity contribution in [2.24, 2.45) is 5.92 Å². The maximum Gasteiger partial charge on any atom is 0.258 e. The zero-order valence-electron chi connectivity index (χ0n) is 8.70. The SMILES string of the molecule is CC1CCCN(C(=O)c2ccoc2Cl)C1. The summed E-state index contributed by atoms with van der Waals surface area (Å²) in [7, 11) is 0. The molecule has 0 aromatic carbocycles. The van der Waals surface area contributed by atoms with Crippen LogP contribution in [0.2, 0.25) is 5.22 Å². The molecule has 2 heterocycles. The van der Waals surface area contributed by atoms with Gasteiger partial charge >= 0.3 is 0 Å². The summed E-state index contributed by atoms with van der Waals surface area (Å²) in [5.74, 6) is 0.564. The van der Waals surface area contributed by atoms with Crippen molar-refractivity contribution in [3.8, 4) is 0 Å². The highest BCUT2D eigenvalue weighted by Gasteiger charge is 2.24. The molecule has 0 saturated carbocycles. The molecule has 1 fully saturated rings. The summed E-state index contributed by atoms with van der Waals surface area (Å²) < 4.78 is 4.92. The Morgan fingerprint density at radius 1 is 1.67 bits per heavy atom. The van der Waals surface area contributed by atoms with Crippen molar-refractivity contribution in [2.75, 3.05) is 13.1 Å². The van der Waals surface area contributed by atoms with Crippen LogP contribution in [0.3, 0.4) is 0 Å². The van der Waals surface area contributed by atoms with Gasteiger partial charge in [0.2, 0.25) is 5.22 Å². The molecule has 1 aromatic rings. The highest BCUT2D eigenvalue weighted by molar-refractivity contribution is 6.32. The summed E-state index contributed by atoms with van der Waals surface area (Å²) in [5.41, 5.74) is 0.478. The van der Waals surface area contributed by atoms with Crippen LogP contribution in [-0.4, -0.2) is 23.9 Å². The van der Waals surface area contributed by atoms with Gasteiger partial charge < -0.3 is 9.32 Å². The first-order valence-electron chi connectivity index (χ1n) is 5.20. The first kappa shape index (κ1) is 10.6. The highest BCUT2D eigenvalue weighted by Crippen LogP contribution is 2.22. The Bertz CT molecular complexity index is 361. The second-order valence-electron chi connectivity index (χ2n) is 4.11. The van der Waals surface area contributed by atoms with E-state index >= 15 is 0 Å². The number of furan rings is 1. The molecular weight excluding hydrogens is 214 g/mol. The Labute approximate surface area is 94.0 Å². The summed E-state index contributed by atoms with van der Waals surface area (Å²) in [4.78, 5) is 13.9. The molecule has 1 aliphatic rings. The molecule has 15 heavy (non-hydrogen) atoms. The molecule has 0 radical (unpaired) electrons. The van der Waals surface area contributed by atoms with Gasteiger partial charge in [-0.05, 0) is 36.4 Å². The van der Waals surface area contributed by atoms with Crippen LogP contribution in [0, 0.1) is 5.92 Å². The van der Waals surface area contributed by atoms with Gasteiger partial charge in [0.25, 0.3) is 5.91 Å². The number of hydrogen-bond acceptors (Lipinski definition) is 2. The molecule has 82 valence electrons. The average molecular weight is 228 g/mol. The van der Waals surface area contributed by atoms with Gasteiger partial charge in [-0.2, -0.15) is 0 Å². The van der Waals surface area contributed by atoms with Gasteiger partial charge in [0.15, 0.2) is 0 Å². The van der Waals surface area contributed by atoms with Crippen LogP contribution in [0.5, 0.6) is 0 Å². The first-order valence-corrected chi connectivity index (χ1v) is 5.58. The summed E-state index contributed by atoms with van der Waals surface area (Å²) in [6.45, 7) is 3.81. The lowest BCUT2D eigenvalue weighted by molar-refractivity contribution is 0.0682. The predicted molar refractivity (Wildman–Crippen MR) is 58.0 cm³/mol.